The zero-order chi connectivity index (χ0) is 22.3. The molecule has 32 heavy (non-hydrogen) atoms. The van der Waals surface area contributed by atoms with E-state index in [9.17, 15) is 13.2 Å². The van der Waals surface area contributed by atoms with Crippen LogP contribution in [0.4, 0.5) is 0 Å². The fourth-order valence-electron chi connectivity index (χ4n) is 3.66. The molecule has 0 atom stereocenters. The van der Waals surface area contributed by atoms with Gasteiger partial charge in [0.25, 0.3) is 0 Å². The normalized spacial score (nSPS) is 15.4. The van der Waals surface area contributed by atoms with E-state index in [0.29, 0.717) is 43.1 Å². The van der Waals surface area contributed by atoms with Crippen molar-refractivity contribution in [2.24, 2.45) is 0 Å². The van der Waals surface area contributed by atoms with Gasteiger partial charge in [0.05, 0.1) is 40.6 Å². The third kappa shape index (κ3) is 4.04. The van der Waals surface area contributed by atoms with Crippen LogP contribution in [0.1, 0.15) is 11.3 Å². The largest absolute Gasteiger partial charge is 0.379 e. The summed E-state index contributed by atoms with van der Waals surface area (Å²) in [5.74, 6) is 0. The molecule has 5 rings (SSSR count). The second-order valence-corrected chi connectivity index (χ2v) is 11.4. The van der Waals surface area contributed by atoms with Crippen LogP contribution in [0.15, 0.2) is 57.5 Å². The Hall–Kier alpha value is -2.37. The van der Waals surface area contributed by atoms with Crippen molar-refractivity contribution in [1.82, 2.24) is 13.9 Å². The number of ether oxygens (including phenoxy) is 1. The molecule has 4 aromatic rings. The summed E-state index contributed by atoms with van der Waals surface area (Å²) in [6.07, 6.45) is 0. The third-order valence-corrected chi connectivity index (χ3v) is 9.19. The second-order valence-electron chi connectivity index (χ2n) is 7.61. The first-order chi connectivity index (χ1) is 15.4. The number of aromatic nitrogens is 2. The van der Waals surface area contributed by atoms with Gasteiger partial charge in [-0.2, -0.15) is 4.31 Å². The molecule has 166 valence electrons. The van der Waals surface area contributed by atoms with Gasteiger partial charge in [-0.05, 0) is 25.1 Å². The topological polar surface area (TPSA) is 81.5 Å². The van der Waals surface area contributed by atoms with Crippen LogP contribution in [0.3, 0.4) is 0 Å². The predicted octanol–water partition coefficient (Wildman–Crippen LogP) is 3.56. The average molecular weight is 488 g/mol. The minimum absolute atomic E-state index is 0.134. The first-order valence-corrected chi connectivity index (χ1v) is 13.3. The van der Waals surface area contributed by atoms with Crippen molar-refractivity contribution >= 4 is 42.9 Å². The van der Waals surface area contributed by atoms with Gasteiger partial charge in [0.2, 0.25) is 10.0 Å². The number of morpholine rings is 1. The van der Waals surface area contributed by atoms with Gasteiger partial charge in [0, 0.05) is 24.0 Å². The van der Waals surface area contributed by atoms with Crippen molar-refractivity contribution in [1.29, 1.82) is 0 Å². The van der Waals surface area contributed by atoms with Gasteiger partial charge in [-0.1, -0.05) is 41.2 Å². The van der Waals surface area contributed by atoms with E-state index in [1.165, 1.54) is 9.87 Å². The highest BCUT2D eigenvalue weighted by Gasteiger charge is 2.27. The second kappa shape index (κ2) is 8.53. The number of thiazole rings is 2. The van der Waals surface area contributed by atoms with Gasteiger partial charge in [-0.15, -0.1) is 11.3 Å². The van der Waals surface area contributed by atoms with Gasteiger partial charge in [0.15, 0.2) is 0 Å². The fraction of sp³-hybridized carbons (Fsp3) is 0.273. The average Bonchev–Trinajstić information content (AvgIpc) is 3.39. The SMILES string of the molecule is Cc1ccc(-c2nc(Cn3c(=O)sc4cc(S(=O)(=O)N5CCOCC5)ccc43)cs2)cc1. The van der Waals surface area contributed by atoms with Crippen molar-refractivity contribution in [3.63, 3.8) is 0 Å². The molecular weight excluding hydrogens is 466 g/mol. The van der Waals surface area contributed by atoms with Crippen molar-refractivity contribution < 1.29 is 13.2 Å². The number of hydrogen-bond donors (Lipinski definition) is 0. The highest BCUT2D eigenvalue weighted by atomic mass is 32.2. The van der Waals surface area contributed by atoms with Crippen LogP contribution < -0.4 is 4.87 Å². The van der Waals surface area contributed by atoms with E-state index in [-0.39, 0.29) is 9.77 Å². The molecule has 0 spiro atoms. The minimum Gasteiger partial charge on any atom is -0.379 e. The molecule has 0 unspecified atom stereocenters. The van der Waals surface area contributed by atoms with Crippen LogP contribution in [0.25, 0.3) is 20.8 Å². The molecule has 1 aliphatic rings. The first kappa shape index (κ1) is 21.5. The van der Waals surface area contributed by atoms with E-state index in [2.05, 4.69) is 12.1 Å². The minimum atomic E-state index is -3.61. The van der Waals surface area contributed by atoms with Crippen LogP contribution in [0.5, 0.6) is 0 Å². The van der Waals surface area contributed by atoms with Crippen LogP contribution in [-0.4, -0.2) is 48.6 Å². The predicted molar refractivity (Wildman–Crippen MR) is 127 cm³/mol. The molecule has 1 fully saturated rings. The Balaban J connectivity index is 1.44. The van der Waals surface area contributed by atoms with Gasteiger partial charge < -0.3 is 4.74 Å². The number of hydrogen-bond acceptors (Lipinski definition) is 7. The van der Waals surface area contributed by atoms with E-state index < -0.39 is 10.0 Å². The molecule has 3 heterocycles. The summed E-state index contributed by atoms with van der Waals surface area (Å²) in [5.41, 5.74) is 3.76. The lowest BCUT2D eigenvalue weighted by Crippen LogP contribution is -2.40. The van der Waals surface area contributed by atoms with E-state index >= 15 is 0 Å². The summed E-state index contributed by atoms with van der Waals surface area (Å²) in [6, 6.07) is 13.1. The lowest BCUT2D eigenvalue weighted by atomic mass is 10.2. The lowest BCUT2D eigenvalue weighted by Gasteiger charge is -2.26. The van der Waals surface area contributed by atoms with E-state index in [1.807, 2.05) is 24.4 Å². The maximum atomic E-state index is 13.0. The number of nitrogens with zero attached hydrogens (tertiary/aromatic N) is 3. The highest BCUT2D eigenvalue weighted by molar-refractivity contribution is 7.89. The number of benzene rings is 2. The standard InChI is InChI=1S/C22H21N3O4S3/c1-15-2-4-16(5-3-15)21-23-17(14-30-21)13-25-19-7-6-18(12-20(19)31-22(25)26)32(27,28)24-8-10-29-11-9-24/h2-7,12,14H,8-11,13H2,1H3. The maximum Gasteiger partial charge on any atom is 0.308 e. The van der Waals surface area contributed by atoms with Crippen molar-refractivity contribution in [3.8, 4) is 10.6 Å². The Morgan fingerprint density at radius 3 is 2.59 bits per heavy atom. The Labute approximate surface area is 193 Å². The number of rotatable bonds is 5. The molecular formula is C22H21N3O4S3. The third-order valence-electron chi connectivity index (χ3n) is 5.42. The molecule has 2 aromatic heterocycles. The lowest BCUT2D eigenvalue weighted by molar-refractivity contribution is 0.0730. The molecule has 0 aliphatic carbocycles. The molecule has 0 bridgehead atoms. The molecule has 1 saturated heterocycles. The summed E-state index contributed by atoms with van der Waals surface area (Å²) in [5, 5.41) is 2.87. The molecule has 0 N–H and O–H groups in total. The van der Waals surface area contributed by atoms with Crippen molar-refractivity contribution in [2.45, 2.75) is 18.4 Å². The van der Waals surface area contributed by atoms with Gasteiger partial charge in [-0.3, -0.25) is 9.36 Å². The quantitative estimate of drug-likeness (QED) is 0.430. The molecule has 7 nitrogen and oxygen atoms in total. The molecule has 1 aliphatic heterocycles. The monoisotopic (exact) mass is 487 g/mol. The Morgan fingerprint density at radius 1 is 1.09 bits per heavy atom. The smallest absolute Gasteiger partial charge is 0.308 e. The zero-order valence-corrected chi connectivity index (χ0v) is 19.8. The Kier molecular flexibility index (Phi) is 5.72. The molecule has 10 heteroatoms. The molecule has 0 radical (unpaired) electrons. The first-order valence-electron chi connectivity index (χ1n) is 10.1. The summed E-state index contributed by atoms with van der Waals surface area (Å²) < 4.78 is 34.9. The summed E-state index contributed by atoms with van der Waals surface area (Å²) >= 11 is 2.60. The number of fused-ring (bicyclic) bond motifs is 1. The Morgan fingerprint density at radius 2 is 1.84 bits per heavy atom. The van der Waals surface area contributed by atoms with Gasteiger partial charge in [0.1, 0.15) is 5.01 Å². The summed E-state index contributed by atoms with van der Waals surface area (Å²) in [4.78, 5) is 17.5. The van der Waals surface area contributed by atoms with Crippen molar-refractivity contribution in [2.75, 3.05) is 26.3 Å². The van der Waals surface area contributed by atoms with E-state index in [4.69, 9.17) is 9.72 Å². The number of sulfonamides is 1. The van der Waals surface area contributed by atoms with Gasteiger partial charge >= 0.3 is 4.87 Å². The fourth-order valence-corrected chi connectivity index (χ4v) is 6.92. The highest BCUT2D eigenvalue weighted by Crippen LogP contribution is 2.27. The zero-order valence-electron chi connectivity index (χ0n) is 17.4. The summed E-state index contributed by atoms with van der Waals surface area (Å²) in [7, 11) is -3.61. The van der Waals surface area contributed by atoms with E-state index in [1.54, 1.807) is 34.1 Å². The number of aryl methyl sites for hydroxylation is 1. The van der Waals surface area contributed by atoms with Crippen molar-refractivity contribution in [3.05, 3.63) is 68.8 Å². The molecule has 0 amide bonds. The molecule has 0 saturated carbocycles. The maximum absolute atomic E-state index is 13.0. The van der Waals surface area contributed by atoms with Crippen LogP contribution in [0.2, 0.25) is 0 Å². The van der Waals surface area contributed by atoms with E-state index in [0.717, 1.165) is 27.6 Å². The van der Waals surface area contributed by atoms with Crippen LogP contribution in [0, 0.1) is 6.92 Å². The van der Waals surface area contributed by atoms with Crippen LogP contribution in [-0.2, 0) is 21.3 Å². The summed E-state index contributed by atoms with van der Waals surface area (Å²) in [6.45, 7) is 3.85. The van der Waals surface area contributed by atoms with Gasteiger partial charge in [-0.25, -0.2) is 13.4 Å². The molecule has 2 aromatic carbocycles. The Bertz CT molecular complexity index is 1430. The van der Waals surface area contributed by atoms with Crippen LogP contribution >= 0.6 is 22.7 Å².